The highest BCUT2D eigenvalue weighted by Crippen LogP contribution is 2.20. The molecule has 1 amide bonds. The maximum absolute atomic E-state index is 12.4. The van der Waals surface area contributed by atoms with E-state index >= 15 is 0 Å². The summed E-state index contributed by atoms with van der Waals surface area (Å²) in [6.07, 6.45) is 2.02. The van der Waals surface area contributed by atoms with Gasteiger partial charge in [-0.3, -0.25) is 4.79 Å². The van der Waals surface area contributed by atoms with Gasteiger partial charge in [-0.05, 0) is 36.6 Å². The van der Waals surface area contributed by atoms with Gasteiger partial charge in [-0.1, -0.05) is 29.8 Å². The second kappa shape index (κ2) is 7.06. The van der Waals surface area contributed by atoms with E-state index in [9.17, 15) is 4.79 Å². The van der Waals surface area contributed by atoms with E-state index in [0.29, 0.717) is 10.7 Å². The van der Waals surface area contributed by atoms with Crippen molar-refractivity contribution in [3.8, 4) is 0 Å². The van der Waals surface area contributed by atoms with Crippen LogP contribution in [-0.4, -0.2) is 21.7 Å². The Balaban J connectivity index is 1.85. The number of carbonyl (C=O) groups is 1. The van der Waals surface area contributed by atoms with Crippen LogP contribution in [0.4, 0.5) is 5.69 Å². The summed E-state index contributed by atoms with van der Waals surface area (Å²) in [6, 6.07) is 15.0. The number of nitrogens with one attached hydrogen (secondary N) is 1. The molecule has 3 aromatic rings. The number of nitrogens with zero attached hydrogens (tertiary/aromatic N) is 2. The lowest BCUT2D eigenvalue weighted by Crippen LogP contribution is -2.20. The molecule has 3 rings (SSSR count). The minimum absolute atomic E-state index is 0.0993. The predicted octanol–water partition coefficient (Wildman–Crippen LogP) is 4.19. The van der Waals surface area contributed by atoms with Crippen molar-refractivity contribution in [1.29, 1.82) is 0 Å². The third kappa shape index (κ3) is 3.68. The molecule has 0 aliphatic heterocycles. The summed E-state index contributed by atoms with van der Waals surface area (Å²) in [5, 5.41) is 3.47. The molecule has 0 atom stereocenters. The molecular formula is C17H16ClN3OS. The average Bonchev–Trinajstić information content (AvgIpc) is 2.85. The van der Waals surface area contributed by atoms with E-state index in [-0.39, 0.29) is 12.5 Å². The molecule has 6 heteroatoms. The smallest absolute Gasteiger partial charge is 0.244 e. The molecule has 1 N–H and O–H groups in total. The number of halogens is 1. The number of para-hydroxylation sites is 2. The molecule has 0 spiro atoms. The van der Waals surface area contributed by atoms with Gasteiger partial charge < -0.3 is 9.88 Å². The zero-order valence-electron chi connectivity index (χ0n) is 12.6. The number of amides is 1. The molecule has 0 radical (unpaired) electrons. The number of aromatic nitrogens is 2. The standard InChI is InChI=1S/C17H16ClN3OS/c1-23-11-16-20-14-7-2-3-8-15(14)21(16)10-17(22)19-13-6-4-5-12(18)9-13/h2-9H,10-11H2,1H3,(H,19,22). The Hall–Kier alpha value is -1.98. The number of thioether (sulfide) groups is 1. The van der Waals surface area contributed by atoms with Gasteiger partial charge in [0.2, 0.25) is 5.91 Å². The molecule has 2 aromatic carbocycles. The van der Waals surface area contributed by atoms with Crippen LogP contribution in [0.3, 0.4) is 0 Å². The van der Waals surface area contributed by atoms with E-state index in [1.165, 1.54) is 0 Å². The number of hydrogen-bond donors (Lipinski definition) is 1. The quantitative estimate of drug-likeness (QED) is 0.754. The first-order valence-corrected chi connectivity index (χ1v) is 8.93. The number of benzene rings is 2. The number of hydrogen-bond acceptors (Lipinski definition) is 3. The first-order valence-electron chi connectivity index (χ1n) is 7.16. The van der Waals surface area contributed by atoms with Crippen molar-refractivity contribution in [3.63, 3.8) is 0 Å². The zero-order chi connectivity index (χ0) is 16.2. The first kappa shape index (κ1) is 15.9. The molecule has 1 heterocycles. The van der Waals surface area contributed by atoms with E-state index in [1.54, 1.807) is 23.9 Å². The molecule has 0 saturated heterocycles. The fourth-order valence-corrected chi connectivity index (χ4v) is 3.12. The Morgan fingerprint density at radius 3 is 2.87 bits per heavy atom. The van der Waals surface area contributed by atoms with Gasteiger partial charge in [0.05, 0.1) is 16.8 Å². The Labute approximate surface area is 143 Å². The normalized spacial score (nSPS) is 10.9. The average molecular weight is 346 g/mol. The Morgan fingerprint density at radius 1 is 1.26 bits per heavy atom. The predicted molar refractivity (Wildman–Crippen MR) is 97.0 cm³/mol. The van der Waals surface area contributed by atoms with Crippen molar-refractivity contribution in [2.24, 2.45) is 0 Å². The third-order valence-corrected chi connectivity index (χ3v) is 4.20. The highest BCUT2D eigenvalue weighted by molar-refractivity contribution is 7.97. The molecule has 0 bridgehead atoms. The van der Waals surface area contributed by atoms with Gasteiger partial charge in [-0.2, -0.15) is 11.8 Å². The molecular weight excluding hydrogens is 330 g/mol. The maximum Gasteiger partial charge on any atom is 0.244 e. The lowest BCUT2D eigenvalue weighted by atomic mass is 10.3. The minimum atomic E-state index is -0.0993. The van der Waals surface area contributed by atoms with Crippen molar-refractivity contribution in [1.82, 2.24) is 9.55 Å². The molecule has 0 saturated carbocycles. The highest BCUT2D eigenvalue weighted by atomic mass is 35.5. The van der Waals surface area contributed by atoms with E-state index in [1.807, 2.05) is 47.2 Å². The lowest BCUT2D eigenvalue weighted by Gasteiger charge is -2.10. The van der Waals surface area contributed by atoms with Gasteiger partial charge in [-0.15, -0.1) is 0 Å². The lowest BCUT2D eigenvalue weighted by molar-refractivity contribution is -0.116. The summed E-state index contributed by atoms with van der Waals surface area (Å²) in [5.74, 6) is 1.57. The fourth-order valence-electron chi connectivity index (χ4n) is 2.45. The van der Waals surface area contributed by atoms with Crippen LogP contribution in [0.2, 0.25) is 5.02 Å². The van der Waals surface area contributed by atoms with Gasteiger partial charge in [0.1, 0.15) is 12.4 Å². The molecule has 0 aliphatic carbocycles. The van der Waals surface area contributed by atoms with E-state index in [2.05, 4.69) is 10.3 Å². The fraction of sp³-hybridized carbons (Fsp3) is 0.176. The summed E-state index contributed by atoms with van der Waals surface area (Å²) < 4.78 is 1.96. The molecule has 118 valence electrons. The van der Waals surface area contributed by atoms with Gasteiger partial charge in [-0.25, -0.2) is 4.98 Å². The van der Waals surface area contributed by atoms with E-state index in [0.717, 1.165) is 22.6 Å². The summed E-state index contributed by atoms with van der Waals surface area (Å²) in [5.41, 5.74) is 2.57. The Bertz CT molecular complexity index is 847. The number of fused-ring (bicyclic) bond motifs is 1. The maximum atomic E-state index is 12.4. The van der Waals surface area contributed by atoms with Crippen molar-refractivity contribution >= 4 is 46.0 Å². The number of anilines is 1. The largest absolute Gasteiger partial charge is 0.324 e. The number of carbonyl (C=O) groups excluding carboxylic acids is 1. The zero-order valence-corrected chi connectivity index (χ0v) is 14.2. The van der Waals surface area contributed by atoms with Crippen LogP contribution in [0.15, 0.2) is 48.5 Å². The summed E-state index contributed by atoms with van der Waals surface area (Å²) >= 11 is 7.63. The van der Waals surface area contributed by atoms with Crippen LogP contribution >= 0.6 is 23.4 Å². The number of imidazole rings is 1. The van der Waals surface area contributed by atoms with Crippen molar-refractivity contribution < 1.29 is 4.79 Å². The van der Waals surface area contributed by atoms with Gasteiger partial charge in [0, 0.05) is 10.7 Å². The molecule has 23 heavy (non-hydrogen) atoms. The highest BCUT2D eigenvalue weighted by Gasteiger charge is 2.13. The van der Waals surface area contributed by atoms with Crippen molar-refractivity contribution in [3.05, 3.63) is 59.4 Å². The Kier molecular flexibility index (Phi) is 4.88. The van der Waals surface area contributed by atoms with Crippen molar-refractivity contribution in [2.45, 2.75) is 12.3 Å². The van der Waals surface area contributed by atoms with Gasteiger partial charge in [0.25, 0.3) is 0 Å². The molecule has 1 aromatic heterocycles. The van der Waals surface area contributed by atoms with E-state index < -0.39 is 0 Å². The monoisotopic (exact) mass is 345 g/mol. The topological polar surface area (TPSA) is 46.9 Å². The van der Waals surface area contributed by atoms with E-state index in [4.69, 9.17) is 11.6 Å². The van der Waals surface area contributed by atoms with Gasteiger partial charge >= 0.3 is 0 Å². The van der Waals surface area contributed by atoms with Crippen LogP contribution in [0.5, 0.6) is 0 Å². The van der Waals surface area contributed by atoms with Crippen LogP contribution in [0, 0.1) is 0 Å². The summed E-state index contributed by atoms with van der Waals surface area (Å²) in [7, 11) is 0. The summed E-state index contributed by atoms with van der Waals surface area (Å²) in [4.78, 5) is 17.0. The molecule has 0 fully saturated rings. The summed E-state index contributed by atoms with van der Waals surface area (Å²) in [6.45, 7) is 0.225. The molecule has 0 aliphatic rings. The van der Waals surface area contributed by atoms with Crippen LogP contribution < -0.4 is 5.32 Å². The second-order valence-corrected chi connectivity index (χ2v) is 6.40. The van der Waals surface area contributed by atoms with Crippen LogP contribution in [0.1, 0.15) is 5.82 Å². The van der Waals surface area contributed by atoms with Crippen LogP contribution in [-0.2, 0) is 17.1 Å². The van der Waals surface area contributed by atoms with Crippen molar-refractivity contribution in [2.75, 3.05) is 11.6 Å². The van der Waals surface area contributed by atoms with Gasteiger partial charge in [0.15, 0.2) is 0 Å². The first-order chi connectivity index (χ1) is 11.2. The second-order valence-electron chi connectivity index (χ2n) is 5.09. The minimum Gasteiger partial charge on any atom is -0.324 e. The molecule has 4 nitrogen and oxygen atoms in total. The third-order valence-electron chi connectivity index (χ3n) is 3.42. The molecule has 0 unspecified atom stereocenters. The number of rotatable bonds is 5. The van der Waals surface area contributed by atoms with Crippen LogP contribution in [0.25, 0.3) is 11.0 Å². The SMILES string of the molecule is CSCc1nc2ccccc2n1CC(=O)Nc1cccc(Cl)c1. The Morgan fingerprint density at radius 2 is 2.09 bits per heavy atom.